The minimum Gasteiger partial charge on any atom is -0.506 e. The number of benzene rings is 4. The minimum absolute atomic E-state index is 0.00268. The van der Waals surface area contributed by atoms with Gasteiger partial charge in [-0.15, -0.1) is 0 Å². The molecule has 0 saturated heterocycles. The third kappa shape index (κ3) is 6.20. The van der Waals surface area contributed by atoms with E-state index in [9.17, 15) is 15.0 Å². The summed E-state index contributed by atoms with van der Waals surface area (Å²) in [5.41, 5.74) is 4.59. The van der Waals surface area contributed by atoms with Crippen molar-refractivity contribution in [2.24, 2.45) is 5.10 Å². The number of carbonyl (C=O) groups is 1. The summed E-state index contributed by atoms with van der Waals surface area (Å²) in [4.78, 5) is 12.3. The zero-order valence-electron chi connectivity index (χ0n) is 19.4. The van der Waals surface area contributed by atoms with Gasteiger partial charge in [0, 0.05) is 23.1 Å². The molecule has 0 spiro atoms. The molecule has 184 valence electrons. The minimum atomic E-state index is -0.443. The smallest absolute Gasteiger partial charge is 0.271 e. The molecule has 8 heteroatoms. The maximum absolute atomic E-state index is 12.3. The number of carbonyl (C=O) groups excluding carboxylic acids is 1. The monoisotopic (exact) mass is 503 g/mol. The lowest BCUT2D eigenvalue weighted by Gasteiger charge is -2.17. The van der Waals surface area contributed by atoms with E-state index in [-0.39, 0.29) is 29.0 Å². The summed E-state index contributed by atoms with van der Waals surface area (Å²) < 4.78 is 6.04. The summed E-state index contributed by atoms with van der Waals surface area (Å²) in [5.74, 6) is 0.194. The van der Waals surface area contributed by atoms with E-state index in [2.05, 4.69) is 15.8 Å². The first-order valence-corrected chi connectivity index (χ1v) is 11.8. The van der Waals surface area contributed by atoms with E-state index >= 15 is 0 Å². The number of nitrogens with zero attached hydrogens (tertiary/aromatic N) is 1. The highest BCUT2D eigenvalue weighted by Crippen LogP contribution is 2.28. The van der Waals surface area contributed by atoms with Crippen molar-refractivity contribution in [2.75, 3.05) is 19.8 Å². The third-order valence-corrected chi connectivity index (χ3v) is 5.94. The number of hydrogen-bond acceptors (Lipinski definition) is 6. The van der Waals surface area contributed by atoms with Crippen molar-refractivity contribution in [1.29, 1.82) is 0 Å². The van der Waals surface area contributed by atoms with Crippen molar-refractivity contribution in [3.05, 3.63) is 107 Å². The van der Waals surface area contributed by atoms with Crippen LogP contribution in [-0.4, -0.2) is 42.1 Å². The van der Waals surface area contributed by atoms with Crippen LogP contribution in [0.1, 0.15) is 27.5 Å². The third-order valence-electron chi connectivity index (χ3n) is 5.63. The molecule has 1 amide bonds. The second kappa shape index (κ2) is 12.2. The molecule has 7 nitrogen and oxygen atoms in total. The summed E-state index contributed by atoms with van der Waals surface area (Å²) in [6, 6.07) is 25.4. The van der Waals surface area contributed by atoms with Crippen LogP contribution >= 0.6 is 11.6 Å². The van der Waals surface area contributed by atoms with Gasteiger partial charge in [0.05, 0.1) is 23.9 Å². The van der Waals surface area contributed by atoms with Crippen LogP contribution in [0.25, 0.3) is 10.8 Å². The number of amides is 1. The number of aliphatic hydroxyl groups excluding tert-OH is 1. The number of fused-ring (bicyclic) bond motifs is 1. The van der Waals surface area contributed by atoms with Crippen LogP contribution in [0.4, 0.5) is 0 Å². The number of aliphatic hydroxyl groups is 1. The molecule has 1 atom stereocenters. The van der Waals surface area contributed by atoms with Gasteiger partial charge >= 0.3 is 0 Å². The highest BCUT2D eigenvalue weighted by molar-refractivity contribution is 6.32. The predicted molar refractivity (Wildman–Crippen MR) is 142 cm³/mol. The first kappa shape index (κ1) is 25.2. The summed E-state index contributed by atoms with van der Waals surface area (Å²) in [7, 11) is 0. The number of aromatic hydroxyl groups is 1. The van der Waals surface area contributed by atoms with Gasteiger partial charge in [-0.25, -0.2) is 5.43 Å². The van der Waals surface area contributed by atoms with Crippen LogP contribution in [0.2, 0.25) is 5.02 Å². The Labute approximate surface area is 214 Å². The second-order valence-corrected chi connectivity index (χ2v) is 8.42. The number of ether oxygens (including phenoxy) is 1. The Morgan fingerprint density at radius 1 is 1.00 bits per heavy atom. The predicted octanol–water partition coefficient (Wildman–Crippen LogP) is 4.66. The van der Waals surface area contributed by atoms with E-state index in [0.717, 1.165) is 27.6 Å². The van der Waals surface area contributed by atoms with Gasteiger partial charge in [-0.05, 0) is 41.3 Å². The van der Waals surface area contributed by atoms with Crippen LogP contribution in [0.15, 0.2) is 90.0 Å². The normalized spacial score (nSPS) is 12.1. The van der Waals surface area contributed by atoms with Gasteiger partial charge in [0.15, 0.2) is 0 Å². The molecule has 0 aromatic heterocycles. The SMILES string of the molecule is O=C(N/N=C/c1ccc(OCCNC(CO)c2ccccc2)c2ccccc12)c1ccc(O)c(Cl)c1. The number of hydrogen-bond donors (Lipinski definition) is 4. The molecule has 36 heavy (non-hydrogen) atoms. The Hall–Kier alpha value is -3.91. The fourth-order valence-electron chi connectivity index (χ4n) is 3.77. The zero-order valence-corrected chi connectivity index (χ0v) is 20.2. The Morgan fingerprint density at radius 3 is 2.50 bits per heavy atom. The average molecular weight is 504 g/mol. The molecule has 0 saturated carbocycles. The van der Waals surface area contributed by atoms with Crippen LogP contribution in [0.3, 0.4) is 0 Å². The fourth-order valence-corrected chi connectivity index (χ4v) is 3.95. The molecule has 0 aliphatic carbocycles. The molecule has 4 aromatic carbocycles. The van der Waals surface area contributed by atoms with Gasteiger partial charge in [0.1, 0.15) is 18.1 Å². The molecule has 0 radical (unpaired) electrons. The lowest BCUT2D eigenvalue weighted by atomic mass is 10.0. The van der Waals surface area contributed by atoms with Gasteiger partial charge in [-0.3, -0.25) is 4.79 Å². The molecule has 1 unspecified atom stereocenters. The largest absolute Gasteiger partial charge is 0.506 e. The number of phenolic OH excluding ortho intramolecular Hbond substituents is 1. The highest BCUT2D eigenvalue weighted by Gasteiger charge is 2.10. The molecule has 0 bridgehead atoms. The summed E-state index contributed by atoms with van der Waals surface area (Å²) in [6.07, 6.45) is 1.57. The lowest BCUT2D eigenvalue weighted by Crippen LogP contribution is -2.28. The van der Waals surface area contributed by atoms with E-state index in [1.165, 1.54) is 18.2 Å². The van der Waals surface area contributed by atoms with E-state index in [4.69, 9.17) is 16.3 Å². The Bertz CT molecular complexity index is 1360. The summed E-state index contributed by atoms with van der Waals surface area (Å²) in [6.45, 7) is 0.980. The van der Waals surface area contributed by atoms with Crippen LogP contribution in [-0.2, 0) is 0 Å². The van der Waals surface area contributed by atoms with Gasteiger partial charge < -0.3 is 20.3 Å². The van der Waals surface area contributed by atoms with Crippen molar-refractivity contribution >= 4 is 34.5 Å². The Morgan fingerprint density at radius 2 is 1.75 bits per heavy atom. The van der Waals surface area contributed by atoms with Crippen LogP contribution in [0.5, 0.6) is 11.5 Å². The van der Waals surface area contributed by atoms with Gasteiger partial charge in [-0.2, -0.15) is 5.10 Å². The molecule has 4 rings (SSSR count). The van der Waals surface area contributed by atoms with Crippen LogP contribution in [0, 0.1) is 0 Å². The molecule has 0 heterocycles. The van der Waals surface area contributed by atoms with E-state index in [1.807, 2.05) is 66.7 Å². The number of nitrogens with one attached hydrogen (secondary N) is 2. The molecule has 0 fully saturated rings. The zero-order chi connectivity index (χ0) is 25.3. The molecule has 0 aliphatic rings. The Kier molecular flexibility index (Phi) is 8.52. The van der Waals surface area contributed by atoms with Crippen molar-refractivity contribution in [2.45, 2.75) is 6.04 Å². The van der Waals surface area contributed by atoms with Crippen molar-refractivity contribution in [3.8, 4) is 11.5 Å². The Balaban J connectivity index is 1.39. The quantitative estimate of drug-likeness (QED) is 0.143. The number of rotatable bonds is 10. The van der Waals surface area contributed by atoms with Crippen molar-refractivity contribution in [1.82, 2.24) is 10.7 Å². The average Bonchev–Trinajstić information content (AvgIpc) is 2.91. The standard InChI is InChI=1S/C28H26ClN3O4/c29-24-16-20(10-12-26(24)34)28(35)32-31-17-21-11-13-27(23-9-5-4-8-22(21)23)36-15-14-30-25(18-33)19-6-2-1-3-7-19/h1-13,16-17,25,30,33-34H,14-15,18H2,(H,32,35)/b31-17+. The molecule has 4 N–H and O–H groups in total. The van der Waals surface area contributed by atoms with E-state index in [0.29, 0.717) is 13.2 Å². The summed E-state index contributed by atoms with van der Waals surface area (Å²) in [5, 5.41) is 28.5. The molecule has 0 aliphatic heterocycles. The first-order chi connectivity index (χ1) is 17.6. The van der Waals surface area contributed by atoms with Crippen LogP contribution < -0.4 is 15.5 Å². The molecular formula is C28H26ClN3O4. The van der Waals surface area contributed by atoms with E-state index in [1.54, 1.807) is 6.21 Å². The maximum atomic E-state index is 12.3. The fraction of sp³-hybridized carbons (Fsp3) is 0.143. The first-order valence-electron chi connectivity index (χ1n) is 11.4. The van der Waals surface area contributed by atoms with Crippen molar-refractivity contribution in [3.63, 3.8) is 0 Å². The number of halogens is 1. The lowest BCUT2D eigenvalue weighted by molar-refractivity contribution is 0.0955. The second-order valence-electron chi connectivity index (χ2n) is 8.01. The highest BCUT2D eigenvalue weighted by atomic mass is 35.5. The molecule has 4 aromatic rings. The van der Waals surface area contributed by atoms with E-state index < -0.39 is 5.91 Å². The van der Waals surface area contributed by atoms with Crippen molar-refractivity contribution < 1.29 is 19.7 Å². The summed E-state index contributed by atoms with van der Waals surface area (Å²) >= 11 is 5.87. The van der Waals surface area contributed by atoms with Gasteiger partial charge in [0.25, 0.3) is 5.91 Å². The number of hydrazone groups is 1. The number of phenols is 1. The topological polar surface area (TPSA) is 103 Å². The maximum Gasteiger partial charge on any atom is 0.271 e. The molecular weight excluding hydrogens is 478 g/mol. The van der Waals surface area contributed by atoms with Gasteiger partial charge in [-0.1, -0.05) is 66.2 Å². The van der Waals surface area contributed by atoms with Gasteiger partial charge in [0.2, 0.25) is 0 Å².